The van der Waals surface area contributed by atoms with Crippen molar-refractivity contribution >= 4 is 40.5 Å². The van der Waals surface area contributed by atoms with Gasteiger partial charge in [0.25, 0.3) is 5.69 Å². The maximum absolute atomic E-state index is 12.7. The van der Waals surface area contributed by atoms with Crippen LogP contribution in [0.15, 0.2) is 42.5 Å². The van der Waals surface area contributed by atoms with Crippen LogP contribution in [0.3, 0.4) is 0 Å². The first-order chi connectivity index (χ1) is 12.9. The van der Waals surface area contributed by atoms with Gasteiger partial charge in [0.2, 0.25) is 5.91 Å². The molecule has 0 aliphatic carbocycles. The van der Waals surface area contributed by atoms with E-state index in [-0.39, 0.29) is 17.2 Å². The van der Waals surface area contributed by atoms with E-state index in [1.54, 1.807) is 29.2 Å². The predicted octanol–water partition coefficient (Wildman–Crippen LogP) is 3.25. The molecule has 0 spiro atoms. The summed E-state index contributed by atoms with van der Waals surface area (Å²) in [6, 6.07) is 10.5. The Labute approximate surface area is 159 Å². The summed E-state index contributed by atoms with van der Waals surface area (Å²) < 4.78 is 4.60. The van der Waals surface area contributed by atoms with E-state index in [1.165, 1.54) is 18.2 Å². The lowest BCUT2D eigenvalue weighted by atomic mass is 10.1. The van der Waals surface area contributed by atoms with Crippen LogP contribution in [0.25, 0.3) is 0 Å². The molecule has 1 N–H and O–H groups in total. The standard InChI is InChI=1S/C18H16ClN3O5/c1-27-18(24)14-10-12(5-6-16(14)22(25)26)20-15-7-8-21(17(15)23)13-4-2-3-11(19)9-13/h2-6,9-10,15,20H,7-8H2,1H3. The molecule has 140 valence electrons. The summed E-state index contributed by atoms with van der Waals surface area (Å²) in [5.74, 6) is -0.959. The van der Waals surface area contributed by atoms with E-state index in [0.29, 0.717) is 29.4 Å². The number of carbonyl (C=O) groups is 2. The second-order valence-electron chi connectivity index (χ2n) is 5.94. The molecule has 1 fully saturated rings. The third-order valence-corrected chi connectivity index (χ3v) is 4.50. The molecule has 1 atom stereocenters. The molecule has 1 amide bonds. The van der Waals surface area contributed by atoms with Crippen LogP contribution in [-0.2, 0) is 9.53 Å². The van der Waals surface area contributed by atoms with E-state index in [0.717, 1.165) is 7.11 Å². The van der Waals surface area contributed by atoms with Gasteiger partial charge in [-0.1, -0.05) is 17.7 Å². The number of halogens is 1. The first-order valence-electron chi connectivity index (χ1n) is 8.11. The summed E-state index contributed by atoms with van der Waals surface area (Å²) >= 11 is 5.99. The highest BCUT2D eigenvalue weighted by atomic mass is 35.5. The number of nitrogens with zero attached hydrogens (tertiary/aromatic N) is 2. The van der Waals surface area contributed by atoms with Crippen molar-refractivity contribution in [1.29, 1.82) is 0 Å². The third kappa shape index (κ3) is 3.85. The molecule has 1 aliphatic rings. The molecule has 0 bridgehead atoms. The Morgan fingerprint density at radius 1 is 1.33 bits per heavy atom. The van der Waals surface area contributed by atoms with Gasteiger partial charge in [0, 0.05) is 29.0 Å². The number of nitro groups is 1. The maximum atomic E-state index is 12.7. The SMILES string of the molecule is COC(=O)c1cc(NC2CCN(c3cccc(Cl)c3)C2=O)ccc1[N+](=O)[O-]. The summed E-state index contributed by atoms with van der Waals surface area (Å²) in [4.78, 5) is 36.6. The molecule has 0 aromatic heterocycles. The smallest absolute Gasteiger partial charge is 0.344 e. The van der Waals surface area contributed by atoms with Crippen molar-refractivity contribution in [3.63, 3.8) is 0 Å². The zero-order chi connectivity index (χ0) is 19.6. The molecular formula is C18H16ClN3O5. The number of methoxy groups -OCH3 is 1. The van der Waals surface area contributed by atoms with Crippen LogP contribution in [0, 0.1) is 10.1 Å². The van der Waals surface area contributed by atoms with Crippen LogP contribution >= 0.6 is 11.6 Å². The molecule has 1 heterocycles. The van der Waals surface area contributed by atoms with Gasteiger partial charge in [-0.3, -0.25) is 14.9 Å². The van der Waals surface area contributed by atoms with Crippen LogP contribution < -0.4 is 10.2 Å². The number of rotatable bonds is 5. The van der Waals surface area contributed by atoms with Crippen molar-refractivity contribution in [1.82, 2.24) is 0 Å². The summed E-state index contributed by atoms with van der Waals surface area (Å²) in [7, 11) is 1.15. The Morgan fingerprint density at radius 3 is 2.78 bits per heavy atom. The molecule has 1 aliphatic heterocycles. The van der Waals surface area contributed by atoms with E-state index in [2.05, 4.69) is 10.1 Å². The number of amides is 1. The van der Waals surface area contributed by atoms with Crippen molar-refractivity contribution < 1.29 is 19.2 Å². The van der Waals surface area contributed by atoms with Gasteiger partial charge in [0.05, 0.1) is 12.0 Å². The highest BCUT2D eigenvalue weighted by molar-refractivity contribution is 6.31. The first-order valence-corrected chi connectivity index (χ1v) is 8.48. The zero-order valence-corrected chi connectivity index (χ0v) is 15.1. The summed E-state index contributed by atoms with van der Waals surface area (Å²) in [6.45, 7) is 0.508. The Hall–Kier alpha value is -3.13. The molecular weight excluding hydrogens is 374 g/mol. The van der Waals surface area contributed by atoms with Crippen LogP contribution in [-0.4, -0.2) is 36.5 Å². The molecule has 8 nitrogen and oxygen atoms in total. The van der Waals surface area contributed by atoms with E-state index < -0.39 is 16.9 Å². The van der Waals surface area contributed by atoms with Crippen molar-refractivity contribution in [2.45, 2.75) is 12.5 Å². The van der Waals surface area contributed by atoms with E-state index >= 15 is 0 Å². The lowest BCUT2D eigenvalue weighted by Crippen LogP contribution is -2.33. The number of ether oxygens (including phenoxy) is 1. The Kier molecular flexibility index (Phi) is 5.27. The van der Waals surface area contributed by atoms with Gasteiger partial charge in [-0.25, -0.2) is 4.79 Å². The van der Waals surface area contributed by atoms with Gasteiger partial charge < -0.3 is 15.0 Å². The highest BCUT2D eigenvalue weighted by Gasteiger charge is 2.33. The third-order valence-electron chi connectivity index (χ3n) is 4.26. The number of nitrogens with one attached hydrogen (secondary N) is 1. The molecule has 27 heavy (non-hydrogen) atoms. The van der Waals surface area contributed by atoms with Crippen LogP contribution in [0.4, 0.5) is 17.1 Å². The monoisotopic (exact) mass is 389 g/mol. The minimum Gasteiger partial charge on any atom is -0.465 e. The Bertz CT molecular complexity index is 918. The van der Waals surface area contributed by atoms with Crippen molar-refractivity contribution in [3.05, 3.63) is 63.2 Å². The highest BCUT2D eigenvalue weighted by Crippen LogP contribution is 2.28. The fourth-order valence-corrected chi connectivity index (χ4v) is 3.16. The normalized spacial score (nSPS) is 16.3. The summed E-state index contributed by atoms with van der Waals surface area (Å²) in [6.07, 6.45) is 0.538. The summed E-state index contributed by atoms with van der Waals surface area (Å²) in [5.41, 5.74) is 0.596. The van der Waals surface area contributed by atoms with E-state index in [9.17, 15) is 19.7 Å². The number of carbonyl (C=O) groups excluding carboxylic acids is 2. The van der Waals surface area contributed by atoms with Gasteiger partial charge in [-0.2, -0.15) is 0 Å². The molecule has 2 aromatic carbocycles. The maximum Gasteiger partial charge on any atom is 0.344 e. The van der Waals surface area contributed by atoms with E-state index in [4.69, 9.17) is 11.6 Å². The lowest BCUT2D eigenvalue weighted by molar-refractivity contribution is -0.385. The number of benzene rings is 2. The number of nitro benzene ring substituents is 1. The van der Waals surface area contributed by atoms with Gasteiger partial charge in [-0.15, -0.1) is 0 Å². The molecule has 0 radical (unpaired) electrons. The van der Waals surface area contributed by atoms with Gasteiger partial charge >= 0.3 is 5.97 Å². The molecule has 1 unspecified atom stereocenters. The van der Waals surface area contributed by atoms with Crippen LogP contribution in [0.5, 0.6) is 0 Å². The minimum absolute atomic E-state index is 0.143. The van der Waals surface area contributed by atoms with E-state index in [1.807, 2.05) is 0 Å². The van der Waals surface area contributed by atoms with Crippen molar-refractivity contribution in [2.24, 2.45) is 0 Å². The molecule has 3 rings (SSSR count). The van der Waals surface area contributed by atoms with Crippen molar-refractivity contribution in [3.8, 4) is 0 Å². The average molecular weight is 390 g/mol. The fraction of sp³-hybridized carbons (Fsp3) is 0.222. The molecule has 1 saturated heterocycles. The quantitative estimate of drug-likeness (QED) is 0.478. The molecule has 0 saturated carbocycles. The number of hydrogen-bond acceptors (Lipinski definition) is 6. The lowest BCUT2D eigenvalue weighted by Gasteiger charge is -2.18. The van der Waals surface area contributed by atoms with Gasteiger partial charge in [0.15, 0.2) is 0 Å². The number of anilines is 2. The number of hydrogen-bond donors (Lipinski definition) is 1. The second kappa shape index (κ2) is 7.63. The predicted molar refractivity (Wildman–Crippen MR) is 100 cm³/mol. The molecule has 9 heteroatoms. The zero-order valence-electron chi connectivity index (χ0n) is 14.3. The Balaban J connectivity index is 1.80. The minimum atomic E-state index is -0.816. The van der Waals surface area contributed by atoms with Gasteiger partial charge in [0.1, 0.15) is 11.6 Å². The average Bonchev–Trinajstić information content (AvgIpc) is 3.01. The van der Waals surface area contributed by atoms with Crippen LogP contribution in [0.2, 0.25) is 5.02 Å². The van der Waals surface area contributed by atoms with Crippen LogP contribution in [0.1, 0.15) is 16.8 Å². The largest absolute Gasteiger partial charge is 0.465 e. The second-order valence-corrected chi connectivity index (χ2v) is 6.37. The topological polar surface area (TPSA) is 102 Å². The van der Waals surface area contributed by atoms with Crippen molar-refractivity contribution in [2.75, 3.05) is 23.9 Å². The summed E-state index contributed by atoms with van der Waals surface area (Å²) in [5, 5.41) is 14.7. The Morgan fingerprint density at radius 2 is 2.11 bits per heavy atom. The molecule has 2 aromatic rings. The number of esters is 1. The first kappa shape index (κ1) is 18.7. The fourth-order valence-electron chi connectivity index (χ4n) is 2.97. The van der Waals surface area contributed by atoms with Gasteiger partial charge in [-0.05, 0) is 36.8 Å².